The van der Waals surface area contributed by atoms with Gasteiger partial charge >= 0.3 is 0 Å². The number of rotatable bonds is 7. The van der Waals surface area contributed by atoms with Gasteiger partial charge in [0.05, 0.1) is 18.8 Å². The number of guanidine groups is 1. The first-order chi connectivity index (χ1) is 13.7. The fourth-order valence-electron chi connectivity index (χ4n) is 4.23. The third-order valence-corrected chi connectivity index (χ3v) is 5.87. The van der Waals surface area contributed by atoms with Crippen molar-refractivity contribution in [2.75, 3.05) is 46.3 Å². The summed E-state index contributed by atoms with van der Waals surface area (Å²) in [5, 5.41) is 6.20. The van der Waals surface area contributed by atoms with Gasteiger partial charge in [-0.05, 0) is 63.7 Å². The van der Waals surface area contributed by atoms with Crippen LogP contribution in [0, 0.1) is 5.92 Å². The second kappa shape index (κ2) is 10.5. The molecule has 2 fully saturated rings. The van der Waals surface area contributed by atoms with Crippen molar-refractivity contribution in [1.82, 2.24) is 20.4 Å². The number of piperidine rings is 1. The summed E-state index contributed by atoms with van der Waals surface area (Å²) < 4.78 is 5.72. The minimum absolute atomic E-state index is 0.144. The molecule has 0 radical (unpaired) electrons. The van der Waals surface area contributed by atoms with Gasteiger partial charge in [-0.2, -0.15) is 0 Å². The number of nitrogens with zero attached hydrogens (tertiary/aromatic N) is 3. The molecule has 2 N–H and O–H groups in total. The first-order valence-corrected chi connectivity index (χ1v) is 10.7. The van der Waals surface area contributed by atoms with E-state index in [-0.39, 0.29) is 11.9 Å². The average Bonchev–Trinajstić information content (AvgIpc) is 3.43. The summed E-state index contributed by atoms with van der Waals surface area (Å²) in [6, 6.07) is 4.23. The molecule has 1 amide bonds. The highest BCUT2D eigenvalue weighted by Gasteiger charge is 2.27. The Labute approximate surface area is 168 Å². The summed E-state index contributed by atoms with van der Waals surface area (Å²) in [4.78, 5) is 21.5. The van der Waals surface area contributed by atoms with Crippen LogP contribution in [0.15, 0.2) is 27.8 Å². The normalized spacial score (nSPS) is 20.4. The average molecular weight is 390 g/mol. The maximum absolute atomic E-state index is 11.6. The van der Waals surface area contributed by atoms with E-state index in [1.165, 1.54) is 12.8 Å². The molecule has 1 aromatic heterocycles. The van der Waals surface area contributed by atoms with Crippen LogP contribution in [0.1, 0.15) is 50.8 Å². The molecule has 0 spiro atoms. The van der Waals surface area contributed by atoms with Crippen LogP contribution in [0.3, 0.4) is 0 Å². The summed E-state index contributed by atoms with van der Waals surface area (Å²) in [6.45, 7) is 7.79. The van der Waals surface area contributed by atoms with Gasteiger partial charge in [0.1, 0.15) is 5.76 Å². The Morgan fingerprint density at radius 1 is 1.29 bits per heavy atom. The van der Waals surface area contributed by atoms with Crippen LogP contribution in [0.25, 0.3) is 0 Å². The molecule has 156 valence electrons. The predicted molar refractivity (Wildman–Crippen MR) is 111 cm³/mol. The van der Waals surface area contributed by atoms with Crippen LogP contribution in [0.2, 0.25) is 0 Å². The molecule has 2 aliphatic heterocycles. The molecule has 1 atom stereocenters. The van der Waals surface area contributed by atoms with Gasteiger partial charge in [-0.1, -0.05) is 0 Å². The van der Waals surface area contributed by atoms with Crippen molar-refractivity contribution in [3.05, 3.63) is 24.2 Å². The number of carbonyl (C=O) groups excluding carboxylic acids is 1. The largest absolute Gasteiger partial charge is 0.468 e. The Bertz CT molecular complexity index is 617. The molecular weight excluding hydrogens is 354 g/mol. The standard InChI is InChI=1S/C21H35N5O2/c1-3-23-21(26-12-8-17(9-13-26)15-20(27)22-2)24-16-18(19-7-6-14-28-19)25-10-4-5-11-25/h6-7,14,17-18H,3-5,8-13,15-16H2,1-2H3,(H,22,27)(H,23,24). The topological polar surface area (TPSA) is 73.1 Å². The van der Waals surface area contributed by atoms with Crippen LogP contribution in [0.5, 0.6) is 0 Å². The number of hydrogen-bond donors (Lipinski definition) is 2. The van der Waals surface area contributed by atoms with Crippen LogP contribution >= 0.6 is 0 Å². The Hall–Kier alpha value is -2.02. The second-order valence-electron chi connectivity index (χ2n) is 7.78. The quantitative estimate of drug-likeness (QED) is 0.553. The van der Waals surface area contributed by atoms with Gasteiger partial charge in [-0.15, -0.1) is 0 Å². The van der Waals surface area contributed by atoms with Gasteiger partial charge in [-0.25, -0.2) is 0 Å². The van der Waals surface area contributed by atoms with Gasteiger partial charge in [-0.3, -0.25) is 14.7 Å². The fraction of sp³-hybridized carbons (Fsp3) is 0.714. The monoisotopic (exact) mass is 389 g/mol. The van der Waals surface area contributed by atoms with E-state index >= 15 is 0 Å². The molecule has 0 bridgehead atoms. The van der Waals surface area contributed by atoms with E-state index in [2.05, 4.69) is 33.4 Å². The molecule has 0 aliphatic carbocycles. The van der Waals surface area contributed by atoms with E-state index in [1.54, 1.807) is 13.3 Å². The number of carbonyl (C=O) groups is 1. The third kappa shape index (κ3) is 5.50. The molecule has 28 heavy (non-hydrogen) atoms. The molecule has 0 aromatic carbocycles. The van der Waals surface area contributed by atoms with Crippen molar-refractivity contribution in [2.45, 2.75) is 45.1 Å². The first kappa shape index (κ1) is 20.7. The van der Waals surface area contributed by atoms with Crippen LogP contribution in [-0.2, 0) is 4.79 Å². The lowest BCUT2D eigenvalue weighted by Gasteiger charge is -2.34. The van der Waals surface area contributed by atoms with Crippen molar-refractivity contribution >= 4 is 11.9 Å². The van der Waals surface area contributed by atoms with Gasteiger partial charge < -0.3 is 20.0 Å². The van der Waals surface area contributed by atoms with E-state index in [0.717, 1.165) is 57.3 Å². The molecule has 7 heteroatoms. The van der Waals surface area contributed by atoms with Crippen molar-refractivity contribution in [3.63, 3.8) is 0 Å². The van der Waals surface area contributed by atoms with Crippen molar-refractivity contribution < 1.29 is 9.21 Å². The first-order valence-electron chi connectivity index (χ1n) is 10.7. The smallest absolute Gasteiger partial charge is 0.220 e. The second-order valence-corrected chi connectivity index (χ2v) is 7.78. The highest BCUT2D eigenvalue weighted by molar-refractivity contribution is 5.80. The highest BCUT2D eigenvalue weighted by atomic mass is 16.3. The summed E-state index contributed by atoms with van der Waals surface area (Å²) in [7, 11) is 1.71. The SMILES string of the molecule is CCNC(=NCC(c1ccco1)N1CCCC1)N1CCC(CC(=O)NC)CC1. The number of aliphatic imine (C=N–C) groups is 1. The molecule has 7 nitrogen and oxygen atoms in total. The van der Waals surface area contributed by atoms with Gasteiger partial charge in [0, 0.05) is 33.1 Å². The van der Waals surface area contributed by atoms with E-state index in [9.17, 15) is 4.79 Å². The Kier molecular flexibility index (Phi) is 7.77. The summed E-state index contributed by atoms with van der Waals surface area (Å²) in [5.41, 5.74) is 0. The molecular formula is C21H35N5O2. The van der Waals surface area contributed by atoms with E-state index < -0.39 is 0 Å². The Morgan fingerprint density at radius 2 is 2.04 bits per heavy atom. The fourth-order valence-corrected chi connectivity index (χ4v) is 4.23. The third-order valence-electron chi connectivity index (χ3n) is 5.87. The number of amides is 1. The van der Waals surface area contributed by atoms with Crippen LogP contribution in [-0.4, -0.2) is 68.0 Å². The van der Waals surface area contributed by atoms with Crippen molar-refractivity contribution in [3.8, 4) is 0 Å². The number of nitrogens with one attached hydrogen (secondary N) is 2. The number of likely N-dealkylation sites (tertiary alicyclic amines) is 2. The highest BCUT2D eigenvalue weighted by Crippen LogP contribution is 2.26. The minimum atomic E-state index is 0.144. The summed E-state index contributed by atoms with van der Waals surface area (Å²) >= 11 is 0. The van der Waals surface area contributed by atoms with Crippen LogP contribution in [0.4, 0.5) is 0 Å². The van der Waals surface area contributed by atoms with E-state index in [4.69, 9.17) is 9.41 Å². The Balaban J connectivity index is 1.62. The van der Waals surface area contributed by atoms with Gasteiger partial charge in [0.25, 0.3) is 0 Å². The zero-order valence-corrected chi connectivity index (χ0v) is 17.3. The maximum atomic E-state index is 11.6. The van der Waals surface area contributed by atoms with E-state index in [0.29, 0.717) is 18.9 Å². The minimum Gasteiger partial charge on any atom is -0.468 e. The molecule has 1 aromatic rings. The molecule has 0 saturated carbocycles. The zero-order valence-electron chi connectivity index (χ0n) is 17.3. The zero-order chi connectivity index (χ0) is 19.8. The lowest BCUT2D eigenvalue weighted by atomic mass is 9.93. The Morgan fingerprint density at radius 3 is 2.64 bits per heavy atom. The summed E-state index contributed by atoms with van der Waals surface area (Å²) in [5.74, 6) is 2.60. The molecule has 3 heterocycles. The number of furan rings is 1. The molecule has 3 rings (SSSR count). The van der Waals surface area contributed by atoms with Crippen molar-refractivity contribution in [2.24, 2.45) is 10.9 Å². The summed E-state index contributed by atoms with van der Waals surface area (Å²) in [6.07, 6.45) is 6.95. The lowest BCUT2D eigenvalue weighted by molar-refractivity contribution is -0.121. The number of hydrogen-bond acceptors (Lipinski definition) is 4. The lowest BCUT2D eigenvalue weighted by Crippen LogP contribution is -2.46. The molecule has 2 aliphatic rings. The van der Waals surface area contributed by atoms with Crippen LogP contribution < -0.4 is 10.6 Å². The van der Waals surface area contributed by atoms with Gasteiger partial charge in [0.2, 0.25) is 5.91 Å². The molecule has 1 unspecified atom stereocenters. The van der Waals surface area contributed by atoms with Crippen molar-refractivity contribution in [1.29, 1.82) is 0 Å². The van der Waals surface area contributed by atoms with Gasteiger partial charge in [0.15, 0.2) is 5.96 Å². The maximum Gasteiger partial charge on any atom is 0.220 e. The molecule has 2 saturated heterocycles. The predicted octanol–water partition coefficient (Wildman–Crippen LogP) is 2.23. The van der Waals surface area contributed by atoms with E-state index in [1.807, 2.05) is 6.07 Å².